The molecule has 0 radical (unpaired) electrons. The summed E-state index contributed by atoms with van der Waals surface area (Å²) >= 11 is 0. The van der Waals surface area contributed by atoms with Gasteiger partial charge in [-0.1, -0.05) is 30.3 Å². The molecule has 0 amide bonds. The molecule has 2 aromatic carbocycles. The van der Waals surface area contributed by atoms with Crippen molar-refractivity contribution in [2.45, 2.75) is 0 Å². The average molecular weight is 357 g/mol. The minimum absolute atomic E-state index is 0.237. The fourth-order valence-electron chi connectivity index (χ4n) is 2.89. The molecule has 0 aliphatic rings. The van der Waals surface area contributed by atoms with Crippen molar-refractivity contribution >= 4 is 16.9 Å². The average Bonchev–Trinajstić information content (AvgIpc) is 2.74. The summed E-state index contributed by atoms with van der Waals surface area (Å²) in [5, 5.41) is 5.04. The minimum Gasteiger partial charge on any atom is -0.465 e. The maximum absolute atomic E-state index is 12.9. The van der Waals surface area contributed by atoms with E-state index in [1.54, 1.807) is 42.6 Å². The van der Waals surface area contributed by atoms with Gasteiger partial charge in [-0.3, -0.25) is 9.78 Å². The van der Waals surface area contributed by atoms with Gasteiger partial charge >= 0.3 is 5.97 Å². The molecule has 6 nitrogen and oxygen atoms in total. The molecular formula is C21H15N3O3. The number of carbonyl (C=O) groups is 1. The van der Waals surface area contributed by atoms with Crippen molar-refractivity contribution < 1.29 is 9.53 Å². The van der Waals surface area contributed by atoms with Crippen LogP contribution in [-0.2, 0) is 4.74 Å². The Labute approximate surface area is 154 Å². The van der Waals surface area contributed by atoms with Crippen LogP contribution in [-0.4, -0.2) is 27.8 Å². The van der Waals surface area contributed by atoms with Crippen LogP contribution in [0.15, 0.2) is 77.7 Å². The maximum atomic E-state index is 12.9. The van der Waals surface area contributed by atoms with Crippen LogP contribution < -0.4 is 5.56 Å². The zero-order valence-electron chi connectivity index (χ0n) is 14.5. The topological polar surface area (TPSA) is 74.1 Å². The number of methoxy groups -OCH3 is 1. The molecule has 4 rings (SSSR count). The van der Waals surface area contributed by atoms with Gasteiger partial charge in [0.2, 0.25) is 0 Å². The van der Waals surface area contributed by atoms with E-state index < -0.39 is 5.97 Å². The first-order valence-corrected chi connectivity index (χ1v) is 8.31. The second-order valence-electron chi connectivity index (χ2n) is 5.87. The summed E-state index contributed by atoms with van der Waals surface area (Å²) in [5.41, 5.74) is 2.69. The second kappa shape index (κ2) is 6.84. The molecule has 0 saturated carbocycles. The third kappa shape index (κ3) is 2.97. The molecule has 0 bridgehead atoms. The van der Waals surface area contributed by atoms with Gasteiger partial charge in [0.05, 0.1) is 23.7 Å². The molecule has 6 heteroatoms. The minimum atomic E-state index is -0.410. The molecule has 2 aromatic heterocycles. The van der Waals surface area contributed by atoms with Gasteiger partial charge in [0.15, 0.2) is 0 Å². The summed E-state index contributed by atoms with van der Waals surface area (Å²) in [4.78, 5) is 28.9. The molecule has 0 spiro atoms. The van der Waals surface area contributed by atoms with Gasteiger partial charge in [-0.2, -0.15) is 9.78 Å². The molecule has 4 aromatic rings. The SMILES string of the molecule is COC(=O)c1ccc(-c2nn(-c3ccccc3)c(=O)c3cccnc23)cc1. The van der Waals surface area contributed by atoms with Crippen LogP contribution in [0.3, 0.4) is 0 Å². The summed E-state index contributed by atoms with van der Waals surface area (Å²) in [6.07, 6.45) is 1.63. The Kier molecular flexibility index (Phi) is 4.22. The maximum Gasteiger partial charge on any atom is 0.337 e. The number of fused-ring (bicyclic) bond motifs is 1. The van der Waals surface area contributed by atoms with Gasteiger partial charge in [-0.25, -0.2) is 4.79 Å². The highest BCUT2D eigenvalue weighted by molar-refractivity contribution is 5.93. The van der Waals surface area contributed by atoms with Gasteiger partial charge in [-0.15, -0.1) is 0 Å². The highest BCUT2D eigenvalue weighted by Crippen LogP contribution is 2.24. The fourth-order valence-corrected chi connectivity index (χ4v) is 2.89. The lowest BCUT2D eigenvalue weighted by Crippen LogP contribution is -2.22. The fraction of sp³-hybridized carbons (Fsp3) is 0.0476. The number of carbonyl (C=O) groups excluding carboxylic acids is 1. The molecule has 2 heterocycles. The first kappa shape index (κ1) is 16.7. The standard InChI is InChI=1S/C21H15N3O3/c1-27-21(26)15-11-9-14(10-12-15)18-19-17(8-5-13-22-19)20(25)24(23-18)16-6-3-2-4-7-16/h2-13H,1H3. The van der Waals surface area contributed by atoms with Crippen LogP contribution in [0.1, 0.15) is 10.4 Å². The molecule has 0 aliphatic carbocycles. The Bertz CT molecular complexity index is 1180. The van der Waals surface area contributed by atoms with Gasteiger partial charge in [0.1, 0.15) is 11.2 Å². The normalized spacial score (nSPS) is 10.7. The van der Waals surface area contributed by atoms with E-state index in [-0.39, 0.29) is 5.56 Å². The van der Waals surface area contributed by atoms with Crippen molar-refractivity contribution in [2.75, 3.05) is 7.11 Å². The van der Waals surface area contributed by atoms with Crippen molar-refractivity contribution in [3.05, 3.63) is 88.8 Å². The van der Waals surface area contributed by atoms with Gasteiger partial charge in [0.25, 0.3) is 5.56 Å². The summed E-state index contributed by atoms with van der Waals surface area (Å²) < 4.78 is 6.10. The van der Waals surface area contributed by atoms with E-state index in [4.69, 9.17) is 4.74 Å². The number of esters is 1. The molecule has 27 heavy (non-hydrogen) atoms. The van der Waals surface area contributed by atoms with Crippen molar-refractivity contribution in [2.24, 2.45) is 0 Å². The third-order valence-electron chi connectivity index (χ3n) is 4.23. The number of rotatable bonds is 3. The number of benzene rings is 2. The first-order valence-electron chi connectivity index (χ1n) is 8.31. The number of hydrogen-bond acceptors (Lipinski definition) is 5. The largest absolute Gasteiger partial charge is 0.465 e. The smallest absolute Gasteiger partial charge is 0.337 e. The predicted molar refractivity (Wildman–Crippen MR) is 102 cm³/mol. The number of pyridine rings is 1. The van der Waals surface area contributed by atoms with Gasteiger partial charge in [0, 0.05) is 11.8 Å². The predicted octanol–water partition coefficient (Wildman–Crippen LogP) is 3.23. The van der Waals surface area contributed by atoms with Crippen molar-refractivity contribution in [1.82, 2.24) is 14.8 Å². The van der Waals surface area contributed by atoms with E-state index in [1.165, 1.54) is 11.8 Å². The summed E-state index contributed by atoms with van der Waals surface area (Å²) in [6, 6.07) is 19.5. The number of aromatic nitrogens is 3. The summed E-state index contributed by atoms with van der Waals surface area (Å²) in [7, 11) is 1.34. The van der Waals surface area contributed by atoms with Crippen molar-refractivity contribution in [3.63, 3.8) is 0 Å². The Morgan fingerprint density at radius 2 is 1.70 bits per heavy atom. The van der Waals surface area contributed by atoms with Crippen LogP contribution in [0, 0.1) is 0 Å². The van der Waals surface area contributed by atoms with E-state index in [2.05, 4.69) is 10.1 Å². The number of hydrogen-bond donors (Lipinski definition) is 0. The molecule has 0 fully saturated rings. The Morgan fingerprint density at radius 3 is 2.41 bits per heavy atom. The Balaban J connectivity index is 1.96. The van der Waals surface area contributed by atoms with Crippen LogP contribution in [0.4, 0.5) is 0 Å². The monoisotopic (exact) mass is 357 g/mol. The molecule has 0 saturated heterocycles. The quantitative estimate of drug-likeness (QED) is 0.526. The molecule has 0 atom stereocenters. The summed E-state index contributed by atoms with van der Waals surface area (Å²) in [5.74, 6) is -0.410. The lowest BCUT2D eigenvalue weighted by Gasteiger charge is -2.11. The number of ether oxygens (including phenoxy) is 1. The highest BCUT2D eigenvalue weighted by Gasteiger charge is 2.15. The van der Waals surface area contributed by atoms with Crippen molar-refractivity contribution in [3.8, 4) is 16.9 Å². The van der Waals surface area contributed by atoms with Crippen LogP contribution in [0.2, 0.25) is 0 Å². The molecular weight excluding hydrogens is 342 g/mol. The first-order chi connectivity index (χ1) is 13.2. The van der Waals surface area contributed by atoms with Crippen LogP contribution in [0.25, 0.3) is 27.8 Å². The van der Waals surface area contributed by atoms with E-state index in [0.717, 1.165) is 5.56 Å². The Morgan fingerprint density at radius 1 is 0.963 bits per heavy atom. The lowest BCUT2D eigenvalue weighted by molar-refractivity contribution is 0.0601. The van der Waals surface area contributed by atoms with E-state index >= 15 is 0 Å². The van der Waals surface area contributed by atoms with Crippen molar-refractivity contribution in [1.29, 1.82) is 0 Å². The van der Waals surface area contributed by atoms with E-state index in [9.17, 15) is 9.59 Å². The highest BCUT2D eigenvalue weighted by atomic mass is 16.5. The van der Waals surface area contributed by atoms with Gasteiger partial charge in [-0.05, 0) is 36.4 Å². The summed E-state index contributed by atoms with van der Waals surface area (Å²) in [6.45, 7) is 0. The second-order valence-corrected chi connectivity index (χ2v) is 5.87. The number of para-hydroxylation sites is 1. The van der Waals surface area contributed by atoms with E-state index in [1.807, 2.05) is 30.3 Å². The third-order valence-corrected chi connectivity index (χ3v) is 4.23. The van der Waals surface area contributed by atoms with E-state index in [0.29, 0.717) is 27.8 Å². The van der Waals surface area contributed by atoms with Crippen LogP contribution >= 0.6 is 0 Å². The Hall–Kier alpha value is -3.80. The zero-order chi connectivity index (χ0) is 18.8. The molecule has 0 aliphatic heterocycles. The molecule has 0 unspecified atom stereocenters. The lowest BCUT2D eigenvalue weighted by atomic mass is 10.1. The molecule has 132 valence electrons. The molecule has 0 N–H and O–H groups in total. The number of nitrogens with zero attached hydrogens (tertiary/aromatic N) is 3. The zero-order valence-corrected chi connectivity index (χ0v) is 14.5. The van der Waals surface area contributed by atoms with Crippen LogP contribution in [0.5, 0.6) is 0 Å². The van der Waals surface area contributed by atoms with Gasteiger partial charge < -0.3 is 4.74 Å².